The molecule has 0 aromatic carbocycles. The molecule has 0 unspecified atom stereocenters. The molecule has 0 aliphatic heterocycles. The normalized spacial score (nSPS) is 10.6. The van der Waals surface area contributed by atoms with Gasteiger partial charge in [0.25, 0.3) is 5.91 Å². The molecule has 0 aliphatic carbocycles. The topological polar surface area (TPSA) is 53.4 Å². The molecule has 0 saturated heterocycles. The maximum Gasteiger partial charge on any atom is 0.272 e. The van der Waals surface area contributed by atoms with Crippen LogP contribution < -0.4 is 0 Å². The van der Waals surface area contributed by atoms with Gasteiger partial charge in [-0.1, -0.05) is 50.3 Å². The Morgan fingerprint density at radius 3 is 2.57 bits per heavy atom. The number of hydrogen-bond donors (Lipinski definition) is 1. The lowest BCUT2D eigenvalue weighted by Crippen LogP contribution is -2.34. The molecule has 1 aromatic rings. The van der Waals surface area contributed by atoms with Crippen LogP contribution in [0.1, 0.15) is 55.9 Å². The van der Waals surface area contributed by atoms with Crippen molar-refractivity contribution in [1.82, 2.24) is 9.88 Å². The number of aliphatic hydroxyl groups is 1. The van der Waals surface area contributed by atoms with Crippen molar-refractivity contribution in [3.8, 4) is 0 Å². The summed E-state index contributed by atoms with van der Waals surface area (Å²) in [5.41, 5.74) is 0.369. The second-order valence-electron chi connectivity index (χ2n) is 5.13. The molecule has 1 heterocycles. The van der Waals surface area contributed by atoms with Crippen LogP contribution in [0.3, 0.4) is 0 Å². The van der Waals surface area contributed by atoms with Gasteiger partial charge in [0.15, 0.2) is 0 Å². The van der Waals surface area contributed by atoms with E-state index in [-0.39, 0.29) is 12.5 Å². The first-order chi connectivity index (χ1) is 10.2. The highest BCUT2D eigenvalue weighted by atomic mass is 35.5. The summed E-state index contributed by atoms with van der Waals surface area (Å²) in [6.07, 6.45) is 6.34. The molecule has 21 heavy (non-hydrogen) atoms. The van der Waals surface area contributed by atoms with Crippen molar-refractivity contribution in [1.29, 1.82) is 0 Å². The number of nitrogens with zero attached hydrogens (tertiary/aromatic N) is 2. The van der Waals surface area contributed by atoms with Crippen molar-refractivity contribution in [2.45, 2.75) is 45.4 Å². The van der Waals surface area contributed by atoms with Crippen LogP contribution in [0.5, 0.6) is 0 Å². The van der Waals surface area contributed by atoms with E-state index in [0.717, 1.165) is 12.8 Å². The number of pyridine rings is 1. The van der Waals surface area contributed by atoms with Crippen LogP contribution in [0.25, 0.3) is 0 Å². The molecule has 4 nitrogen and oxygen atoms in total. The third kappa shape index (κ3) is 6.91. The molecule has 0 aliphatic rings. The van der Waals surface area contributed by atoms with Crippen LogP contribution in [-0.2, 0) is 0 Å². The molecule has 0 atom stereocenters. The Balaban J connectivity index is 2.56. The van der Waals surface area contributed by atoms with Crippen LogP contribution in [0.4, 0.5) is 0 Å². The largest absolute Gasteiger partial charge is 0.396 e. The monoisotopic (exact) mass is 312 g/mol. The van der Waals surface area contributed by atoms with Gasteiger partial charge in [-0.25, -0.2) is 4.98 Å². The molecule has 1 amide bonds. The van der Waals surface area contributed by atoms with Gasteiger partial charge in [-0.3, -0.25) is 4.79 Å². The van der Waals surface area contributed by atoms with E-state index in [1.54, 1.807) is 23.1 Å². The molecule has 1 aromatic heterocycles. The average molecular weight is 313 g/mol. The van der Waals surface area contributed by atoms with Gasteiger partial charge in [-0.15, -0.1) is 0 Å². The first kappa shape index (κ1) is 17.9. The van der Waals surface area contributed by atoms with Crippen LogP contribution in [0.15, 0.2) is 18.2 Å². The molecule has 1 rings (SSSR count). The van der Waals surface area contributed by atoms with E-state index >= 15 is 0 Å². The molecule has 0 saturated carbocycles. The van der Waals surface area contributed by atoms with Gasteiger partial charge >= 0.3 is 0 Å². The Morgan fingerprint density at radius 2 is 1.90 bits per heavy atom. The SMILES string of the molecule is CCCCCCCN(CCCO)C(=O)c1cccc(Cl)n1. The molecular formula is C16H25ClN2O2. The lowest BCUT2D eigenvalue weighted by molar-refractivity contribution is 0.0736. The highest BCUT2D eigenvalue weighted by Gasteiger charge is 2.16. The number of amides is 1. The zero-order valence-electron chi connectivity index (χ0n) is 12.7. The van der Waals surface area contributed by atoms with Gasteiger partial charge in [0.05, 0.1) is 0 Å². The Kier molecular flexibility index (Phi) is 9.02. The average Bonchev–Trinajstić information content (AvgIpc) is 2.49. The Morgan fingerprint density at radius 1 is 1.19 bits per heavy atom. The lowest BCUT2D eigenvalue weighted by atomic mass is 10.1. The summed E-state index contributed by atoms with van der Waals surface area (Å²) in [4.78, 5) is 18.3. The molecule has 0 spiro atoms. The summed E-state index contributed by atoms with van der Waals surface area (Å²) in [7, 11) is 0. The molecule has 0 fully saturated rings. The van der Waals surface area contributed by atoms with E-state index in [0.29, 0.717) is 30.4 Å². The van der Waals surface area contributed by atoms with Crippen LogP contribution >= 0.6 is 11.6 Å². The van der Waals surface area contributed by atoms with Crippen molar-refractivity contribution < 1.29 is 9.90 Å². The second-order valence-corrected chi connectivity index (χ2v) is 5.52. The predicted molar refractivity (Wildman–Crippen MR) is 85.6 cm³/mol. The third-order valence-corrected chi connectivity index (χ3v) is 3.55. The molecule has 5 heteroatoms. The fraction of sp³-hybridized carbons (Fsp3) is 0.625. The molecule has 0 bridgehead atoms. The van der Waals surface area contributed by atoms with Crippen molar-refractivity contribution >= 4 is 17.5 Å². The van der Waals surface area contributed by atoms with E-state index in [9.17, 15) is 4.79 Å². The van der Waals surface area contributed by atoms with Crippen molar-refractivity contribution in [3.63, 3.8) is 0 Å². The summed E-state index contributed by atoms with van der Waals surface area (Å²) in [6.45, 7) is 3.53. The van der Waals surface area contributed by atoms with Crippen molar-refractivity contribution in [2.24, 2.45) is 0 Å². The van der Waals surface area contributed by atoms with E-state index in [1.165, 1.54) is 19.3 Å². The number of carbonyl (C=O) groups excluding carboxylic acids is 1. The second kappa shape index (κ2) is 10.6. The maximum atomic E-state index is 12.4. The first-order valence-electron chi connectivity index (χ1n) is 7.71. The fourth-order valence-corrected chi connectivity index (χ4v) is 2.34. The first-order valence-corrected chi connectivity index (χ1v) is 8.09. The van der Waals surface area contributed by atoms with Gasteiger partial charge in [-0.05, 0) is 25.0 Å². The van der Waals surface area contributed by atoms with Crippen molar-refractivity contribution in [3.05, 3.63) is 29.0 Å². The minimum Gasteiger partial charge on any atom is -0.396 e. The summed E-state index contributed by atoms with van der Waals surface area (Å²) in [6, 6.07) is 5.06. The summed E-state index contributed by atoms with van der Waals surface area (Å²) < 4.78 is 0. The fourth-order valence-electron chi connectivity index (χ4n) is 2.17. The smallest absolute Gasteiger partial charge is 0.272 e. The zero-order valence-corrected chi connectivity index (χ0v) is 13.5. The number of hydrogen-bond acceptors (Lipinski definition) is 3. The maximum absolute atomic E-state index is 12.4. The van der Waals surface area contributed by atoms with Gasteiger partial charge in [-0.2, -0.15) is 0 Å². The number of aliphatic hydroxyl groups excluding tert-OH is 1. The molecular weight excluding hydrogens is 288 g/mol. The highest BCUT2D eigenvalue weighted by Crippen LogP contribution is 2.10. The quantitative estimate of drug-likeness (QED) is 0.531. The van der Waals surface area contributed by atoms with Gasteiger partial charge in [0.1, 0.15) is 10.8 Å². The van der Waals surface area contributed by atoms with Gasteiger partial charge in [0.2, 0.25) is 0 Å². The Labute approximate surface area is 132 Å². The van der Waals surface area contributed by atoms with Crippen LogP contribution in [0.2, 0.25) is 5.15 Å². The third-order valence-electron chi connectivity index (χ3n) is 3.34. The molecule has 118 valence electrons. The Bertz CT molecular complexity index is 426. The molecule has 0 radical (unpaired) electrons. The van der Waals surface area contributed by atoms with E-state index < -0.39 is 0 Å². The number of rotatable bonds is 10. The van der Waals surface area contributed by atoms with Crippen LogP contribution in [-0.4, -0.2) is 40.6 Å². The Hall–Kier alpha value is -1.13. The number of halogens is 1. The summed E-state index contributed by atoms with van der Waals surface area (Å²) in [5, 5.41) is 9.30. The van der Waals surface area contributed by atoms with E-state index in [2.05, 4.69) is 11.9 Å². The van der Waals surface area contributed by atoms with Gasteiger partial charge < -0.3 is 10.0 Å². The molecule has 1 N–H and O–H groups in total. The standard InChI is InChI=1S/C16H25ClN2O2/c1-2-3-4-5-6-11-19(12-8-13-20)16(21)14-9-7-10-15(17)18-14/h7,9-10,20H,2-6,8,11-13H2,1H3. The van der Waals surface area contributed by atoms with Gasteiger partial charge in [0, 0.05) is 19.7 Å². The number of aromatic nitrogens is 1. The minimum absolute atomic E-state index is 0.0859. The van der Waals surface area contributed by atoms with Crippen molar-refractivity contribution in [2.75, 3.05) is 19.7 Å². The van der Waals surface area contributed by atoms with E-state index in [1.807, 2.05) is 0 Å². The lowest BCUT2D eigenvalue weighted by Gasteiger charge is -2.22. The minimum atomic E-state index is -0.110. The zero-order chi connectivity index (χ0) is 15.5. The number of carbonyl (C=O) groups is 1. The highest BCUT2D eigenvalue weighted by molar-refractivity contribution is 6.29. The summed E-state index contributed by atoms with van der Waals surface area (Å²) in [5.74, 6) is -0.110. The predicted octanol–water partition coefficient (Wildman–Crippen LogP) is 3.53. The van der Waals surface area contributed by atoms with Crippen LogP contribution in [0, 0.1) is 0 Å². The van der Waals surface area contributed by atoms with E-state index in [4.69, 9.17) is 16.7 Å². The summed E-state index contributed by atoms with van der Waals surface area (Å²) >= 11 is 5.84. The number of unbranched alkanes of at least 4 members (excludes halogenated alkanes) is 4.